The van der Waals surface area contributed by atoms with Crippen molar-refractivity contribution < 1.29 is 9.53 Å². The van der Waals surface area contributed by atoms with Gasteiger partial charge in [0.15, 0.2) is 12.6 Å². The normalized spacial score (nSPS) is 15.0. The molecule has 28 heavy (non-hydrogen) atoms. The van der Waals surface area contributed by atoms with Crippen LogP contribution in [0.4, 0.5) is 5.69 Å². The molecule has 1 unspecified atom stereocenters. The molecule has 1 amide bonds. The van der Waals surface area contributed by atoms with E-state index in [-0.39, 0.29) is 12.5 Å². The molecule has 0 fully saturated rings. The molecule has 0 spiro atoms. The summed E-state index contributed by atoms with van der Waals surface area (Å²) >= 11 is 1.77. The Morgan fingerprint density at radius 1 is 1.29 bits per heavy atom. The van der Waals surface area contributed by atoms with Gasteiger partial charge in [-0.25, -0.2) is 0 Å². The third-order valence-corrected chi connectivity index (χ3v) is 5.66. The quantitative estimate of drug-likeness (QED) is 0.406. The number of carbonyl (C=O) groups excluding carboxylic acids is 1. The number of nitrogens with zero attached hydrogens (tertiary/aromatic N) is 2. The van der Waals surface area contributed by atoms with Crippen molar-refractivity contribution in [2.75, 3.05) is 37.7 Å². The molecule has 0 radical (unpaired) electrons. The van der Waals surface area contributed by atoms with Gasteiger partial charge in [-0.3, -0.25) is 9.79 Å². The highest BCUT2D eigenvalue weighted by Gasteiger charge is 2.24. The van der Waals surface area contributed by atoms with Gasteiger partial charge in [0.25, 0.3) is 5.91 Å². The minimum atomic E-state index is 0.00375. The van der Waals surface area contributed by atoms with Crippen LogP contribution in [0.5, 0.6) is 5.75 Å². The van der Waals surface area contributed by atoms with Crippen LogP contribution in [0.3, 0.4) is 0 Å². The first-order valence-electron chi connectivity index (χ1n) is 9.76. The highest BCUT2D eigenvalue weighted by atomic mass is 32.1. The van der Waals surface area contributed by atoms with Crippen molar-refractivity contribution in [3.8, 4) is 5.75 Å². The van der Waals surface area contributed by atoms with Crippen molar-refractivity contribution in [2.24, 2.45) is 4.99 Å². The maximum Gasteiger partial charge on any atom is 0.265 e. The second-order valence-corrected chi connectivity index (χ2v) is 7.70. The van der Waals surface area contributed by atoms with E-state index in [1.165, 1.54) is 4.88 Å². The number of carbonyl (C=O) groups is 1. The van der Waals surface area contributed by atoms with Crippen LogP contribution in [0.15, 0.2) is 46.8 Å². The van der Waals surface area contributed by atoms with Crippen molar-refractivity contribution in [3.63, 3.8) is 0 Å². The standard InChI is InChI=1S/C21H28N4O2S/c1-3-22-21(24-14-16(2)19-10-6-13-28-19)23-11-7-12-25-17-8-4-5-9-18(17)27-15-20(25)26/h4-6,8-10,13,16H,3,7,11-12,14-15H2,1-2H3,(H2,22,23,24). The number of para-hydroxylation sites is 2. The van der Waals surface area contributed by atoms with Crippen LogP contribution < -0.4 is 20.3 Å². The predicted molar refractivity (Wildman–Crippen MR) is 116 cm³/mol. The number of hydrogen-bond donors (Lipinski definition) is 2. The Kier molecular flexibility index (Phi) is 7.31. The van der Waals surface area contributed by atoms with Crippen LogP contribution in [0.2, 0.25) is 0 Å². The molecule has 1 aromatic carbocycles. The molecular formula is C21H28N4O2S. The Bertz CT molecular complexity index is 791. The van der Waals surface area contributed by atoms with Crippen molar-refractivity contribution >= 4 is 28.9 Å². The fourth-order valence-electron chi connectivity index (χ4n) is 3.07. The number of fused-ring (bicyclic) bond motifs is 1. The lowest BCUT2D eigenvalue weighted by molar-refractivity contribution is -0.121. The third kappa shape index (κ3) is 5.25. The number of guanidine groups is 1. The molecule has 2 N–H and O–H groups in total. The first-order chi connectivity index (χ1) is 13.7. The zero-order chi connectivity index (χ0) is 19.8. The van der Waals surface area contributed by atoms with E-state index in [9.17, 15) is 4.79 Å². The number of benzene rings is 1. The summed E-state index contributed by atoms with van der Waals surface area (Å²) in [6.07, 6.45) is 0.824. The number of amides is 1. The molecule has 1 aliphatic rings. The lowest BCUT2D eigenvalue weighted by atomic mass is 10.1. The first kappa shape index (κ1) is 20.2. The summed E-state index contributed by atoms with van der Waals surface area (Å²) in [6.45, 7) is 7.31. The smallest absolute Gasteiger partial charge is 0.265 e. The van der Waals surface area contributed by atoms with E-state index < -0.39 is 0 Å². The van der Waals surface area contributed by atoms with Crippen molar-refractivity contribution in [1.29, 1.82) is 0 Å². The number of hydrogen-bond acceptors (Lipinski definition) is 4. The molecule has 6 nitrogen and oxygen atoms in total. The van der Waals surface area contributed by atoms with Crippen molar-refractivity contribution in [3.05, 3.63) is 46.7 Å². The number of anilines is 1. The van der Waals surface area contributed by atoms with Crippen LogP contribution in [-0.2, 0) is 4.79 Å². The second-order valence-electron chi connectivity index (χ2n) is 6.72. The molecule has 7 heteroatoms. The van der Waals surface area contributed by atoms with Crippen LogP contribution in [0.1, 0.15) is 31.1 Å². The van der Waals surface area contributed by atoms with E-state index in [2.05, 4.69) is 42.0 Å². The largest absolute Gasteiger partial charge is 0.482 e. The molecule has 0 saturated carbocycles. The molecule has 0 saturated heterocycles. The summed E-state index contributed by atoms with van der Waals surface area (Å²) in [5.74, 6) is 1.99. The fourth-order valence-corrected chi connectivity index (χ4v) is 3.85. The summed E-state index contributed by atoms with van der Waals surface area (Å²) in [5.41, 5.74) is 0.851. The second kappa shape index (κ2) is 10.1. The van der Waals surface area contributed by atoms with Gasteiger partial charge >= 0.3 is 0 Å². The number of ether oxygens (including phenoxy) is 1. The van der Waals surface area contributed by atoms with Gasteiger partial charge in [0, 0.05) is 30.4 Å². The molecule has 2 heterocycles. The Hall–Kier alpha value is -2.54. The van der Waals surface area contributed by atoms with Gasteiger partial charge in [0.2, 0.25) is 0 Å². The van der Waals surface area contributed by atoms with Gasteiger partial charge in [-0.05, 0) is 36.9 Å². The van der Waals surface area contributed by atoms with Gasteiger partial charge in [-0.2, -0.15) is 0 Å². The Balaban J connectivity index is 1.49. The highest BCUT2D eigenvalue weighted by molar-refractivity contribution is 7.10. The zero-order valence-electron chi connectivity index (χ0n) is 16.5. The van der Waals surface area contributed by atoms with Gasteiger partial charge in [0.05, 0.1) is 12.2 Å². The van der Waals surface area contributed by atoms with Gasteiger partial charge in [-0.1, -0.05) is 25.1 Å². The topological polar surface area (TPSA) is 66.0 Å². The molecule has 0 bridgehead atoms. The molecule has 1 aliphatic heterocycles. The minimum Gasteiger partial charge on any atom is -0.482 e. The molecule has 3 rings (SSSR count). The summed E-state index contributed by atoms with van der Waals surface area (Å²) in [4.78, 5) is 20.1. The number of nitrogens with one attached hydrogen (secondary N) is 2. The zero-order valence-corrected chi connectivity index (χ0v) is 17.3. The maximum atomic E-state index is 12.2. The van der Waals surface area contributed by atoms with Gasteiger partial charge < -0.3 is 20.3 Å². The number of thiophene rings is 1. The van der Waals surface area contributed by atoms with Crippen LogP contribution in [0.25, 0.3) is 0 Å². The highest BCUT2D eigenvalue weighted by Crippen LogP contribution is 2.31. The average molecular weight is 401 g/mol. The minimum absolute atomic E-state index is 0.00375. The maximum absolute atomic E-state index is 12.2. The van der Waals surface area contributed by atoms with E-state index in [0.29, 0.717) is 12.5 Å². The first-order valence-corrected chi connectivity index (χ1v) is 10.6. The Labute approximate surface area is 170 Å². The lowest BCUT2D eigenvalue weighted by Gasteiger charge is -2.29. The molecule has 1 atom stereocenters. The van der Waals surface area contributed by atoms with Crippen LogP contribution in [0, 0.1) is 0 Å². The molecule has 2 aromatic rings. The summed E-state index contributed by atoms with van der Waals surface area (Å²) in [5, 5.41) is 8.76. The number of aliphatic imine (C=N–C) groups is 1. The predicted octanol–water partition coefficient (Wildman–Crippen LogP) is 3.22. The summed E-state index contributed by atoms with van der Waals surface area (Å²) in [6, 6.07) is 11.9. The van der Waals surface area contributed by atoms with Gasteiger partial charge in [-0.15, -0.1) is 11.3 Å². The summed E-state index contributed by atoms with van der Waals surface area (Å²) < 4.78 is 5.49. The van der Waals surface area contributed by atoms with E-state index >= 15 is 0 Å². The molecule has 150 valence electrons. The number of rotatable bonds is 8. The van der Waals surface area contributed by atoms with Crippen molar-refractivity contribution in [2.45, 2.75) is 26.2 Å². The third-order valence-electron chi connectivity index (χ3n) is 4.56. The fraction of sp³-hybridized carbons (Fsp3) is 0.429. The van der Waals surface area contributed by atoms with E-state index in [0.717, 1.165) is 43.5 Å². The molecule has 0 aliphatic carbocycles. The van der Waals surface area contributed by atoms with Crippen molar-refractivity contribution in [1.82, 2.24) is 10.6 Å². The Morgan fingerprint density at radius 2 is 2.14 bits per heavy atom. The van der Waals surface area contributed by atoms with E-state index in [1.807, 2.05) is 29.2 Å². The summed E-state index contributed by atoms with van der Waals surface area (Å²) in [7, 11) is 0. The van der Waals surface area contributed by atoms with E-state index in [1.54, 1.807) is 11.3 Å². The molecule has 1 aromatic heterocycles. The lowest BCUT2D eigenvalue weighted by Crippen LogP contribution is -2.42. The SMILES string of the molecule is CCNC(=NCC(C)c1cccs1)NCCCN1C(=O)COc2ccccc21. The molecular weight excluding hydrogens is 372 g/mol. The van der Waals surface area contributed by atoms with Crippen LogP contribution >= 0.6 is 11.3 Å². The Morgan fingerprint density at radius 3 is 2.93 bits per heavy atom. The van der Waals surface area contributed by atoms with Gasteiger partial charge in [0.1, 0.15) is 5.75 Å². The average Bonchev–Trinajstić information content (AvgIpc) is 3.25. The van der Waals surface area contributed by atoms with Crippen LogP contribution in [-0.4, -0.2) is 44.7 Å². The van der Waals surface area contributed by atoms with E-state index in [4.69, 9.17) is 9.73 Å². The monoisotopic (exact) mass is 400 g/mol.